The first kappa shape index (κ1) is 6.69. The Morgan fingerprint density at radius 3 is 1.80 bits per heavy atom. The fraction of sp³-hybridized carbons (Fsp3) is 1.00. The Bertz CT molecular complexity index is 95.2. The van der Waals surface area contributed by atoms with Gasteiger partial charge in [-0.1, -0.05) is 32.6 Å². The van der Waals surface area contributed by atoms with Gasteiger partial charge in [0, 0.05) is 0 Å². The predicted molar refractivity (Wildman–Crippen MR) is 43.8 cm³/mol. The molecule has 10 heavy (non-hydrogen) atoms. The molecule has 58 valence electrons. The van der Waals surface area contributed by atoms with Crippen LogP contribution in [0.15, 0.2) is 0 Å². The molecule has 0 unspecified atom stereocenters. The van der Waals surface area contributed by atoms with E-state index in [0.717, 1.165) is 17.8 Å². The highest BCUT2D eigenvalue weighted by Gasteiger charge is 2.30. The van der Waals surface area contributed by atoms with Crippen molar-refractivity contribution in [2.24, 2.45) is 17.8 Å². The van der Waals surface area contributed by atoms with Crippen molar-refractivity contribution in [1.29, 1.82) is 0 Å². The molecule has 0 spiro atoms. The van der Waals surface area contributed by atoms with Gasteiger partial charge in [0.15, 0.2) is 0 Å². The van der Waals surface area contributed by atoms with E-state index in [-0.39, 0.29) is 0 Å². The van der Waals surface area contributed by atoms with Crippen LogP contribution in [0.25, 0.3) is 0 Å². The van der Waals surface area contributed by atoms with Crippen LogP contribution in [0, 0.1) is 17.8 Å². The van der Waals surface area contributed by atoms with E-state index in [1.54, 1.807) is 12.8 Å². The van der Waals surface area contributed by atoms with Crippen molar-refractivity contribution in [2.75, 3.05) is 0 Å². The minimum absolute atomic E-state index is 1.03. The van der Waals surface area contributed by atoms with Crippen LogP contribution in [-0.2, 0) is 0 Å². The zero-order valence-corrected chi connectivity index (χ0v) is 6.97. The van der Waals surface area contributed by atoms with Crippen molar-refractivity contribution in [1.82, 2.24) is 0 Å². The van der Waals surface area contributed by atoms with Gasteiger partial charge in [-0.15, -0.1) is 0 Å². The van der Waals surface area contributed by atoms with Gasteiger partial charge in [-0.05, 0) is 30.6 Å². The van der Waals surface area contributed by atoms with Gasteiger partial charge in [0.05, 0.1) is 0 Å². The Hall–Kier alpha value is 0. The topological polar surface area (TPSA) is 0 Å². The van der Waals surface area contributed by atoms with Gasteiger partial charge >= 0.3 is 0 Å². The summed E-state index contributed by atoms with van der Waals surface area (Å²) in [6.07, 6.45) is 9.25. The second-order valence-electron chi connectivity index (χ2n) is 4.46. The third-order valence-electron chi connectivity index (χ3n) is 3.47. The normalized spacial score (nSPS) is 47.1. The summed E-state index contributed by atoms with van der Waals surface area (Å²) in [4.78, 5) is 0. The monoisotopic (exact) mass is 138 g/mol. The summed E-state index contributed by atoms with van der Waals surface area (Å²) in [7, 11) is 0. The Morgan fingerprint density at radius 1 is 0.800 bits per heavy atom. The fourth-order valence-electron chi connectivity index (χ4n) is 2.53. The first-order valence-corrected chi connectivity index (χ1v) is 4.84. The summed E-state index contributed by atoms with van der Waals surface area (Å²) in [6.45, 7) is 2.42. The highest BCUT2D eigenvalue weighted by atomic mass is 14.4. The van der Waals surface area contributed by atoms with Crippen molar-refractivity contribution in [3.8, 4) is 0 Å². The number of hydrogen-bond acceptors (Lipinski definition) is 0. The third kappa shape index (κ3) is 1.21. The highest BCUT2D eigenvalue weighted by Crippen LogP contribution is 2.43. The lowest BCUT2D eigenvalue weighted by molar-refractivity contribution is 0.130. The van der Waals surface area contributed by atoms with Gasteiger partial charge in [-0.2, -0.15) is 0 Å². The molecule has 2 bridgehead atoms. The van der Waals surface area contributed by atoms with E-state index in [1.807, 2.05) is 0 Å². The minimum Gasteiger partial charge on any atom is -0.0625 e. The molecule has 3 aliphatic rings. The molecule has 0 N–H and O–H groups in total. The van der Waals surface area contributed by atoms with E-state index in [1.165, 1.54) is 25.7 Å². The average molecular weight is 138 g/mol. The van der Waals surface area contributed by atoms with E-state index >= 15 is 0 Å². The van der Waals surface area contributed by atoms with Crippen LogP contribution in [0.5, 0.6) is 0 Å². The third-order valence-corrected chi connectivity index (χ3v) is 3.47. The first-order chi connectivity index (χ1) is 4.84. The standard InChI is InChI=1S/C10H18/c1-8-2-4-9-6-10(7-9)5-3-8/h8-10H,2-7H2,1H3. The van der Waals surface area contributed by atoms with Crippen LogP contribution >= 0.6 is 0 Å². The maximum atomic E-state index is 2.42. The maximum absolute atomic E-state index is 2.42. The van der Waals surface area contributed by atoms with E-state index in [9.17, 15) is 0 Å². The van der Waals surface area contributed by atoms with Crippen molar-refractivity contribution >= 4 is 0 Å². The molecule has 3 saturated carbocycles. The Labute approximate surface area is 64.0 Å². The van der Waals surface area contributed by atoms with Crippen LogP contribution < -0.4 is 0 Å². The van der Waals surface area contributed by atoms with E-state index in [0.29, 0.717) is 0 Å². The van der Waals surface area contributed by atoms with Crippen LogP contribution in [0.4, 0.5) is 0 Å². The maximum Gasteiger partial charge on any atom is -0.0409 e. The van der Waals surface area contributed by atoms with Gasteiger partial charge in [0.25, 0.3) is 0 Å². The number of fused-ring (bicyclic) bond motifs is 4. The summed E-state index contributed by atoms with van der Waals surface area (Å²) in [5.74, 6) is 3.33. The van der Waals surface area contributed by atoms with Gasteiger partial charge in [0.2, 0.25) is 0 Å². The zero-order chi connectivity index (χ0) is 6.97. The average Bonchev–Trinajstić information content (AvgIpc) is 1.75. The van der Waals surface area contributed by atoms with Crippen LogP contribution in [0.1, 0.15) is 45.4 Å². The summed E-state index contributed by atoms with van der Waals surface area (Å²) >= 11 is 0. The Morgan fingerprint density at radius 2 is 1.30 bits per heavy atom. The molecule has 0 aromatic rings. The molecule has 3 fully saturated rings. The van der Waals surface area contributed by atoms with Crippen molar-refractivity contribution in [2.45, 2.75) is 45.4 Å². The zero-order valence-electron chi connectivity index (χ0n) is 6.97. The molecule has 0 aliphatic heterocycles. The van der Waals surface area contributed by atoms with Gasteiger partial charge < -0.3 is 0 Å². The highest BCUT2D eigenvalue weighted by molar-refractivity contribution is 4.82. The van der Waals surface area contributed by atoms with Crippen molar-refractivity contribution in [3.05, 3.63) is 0 Å². The largest absolute Gasteiger partial charge is 0.0625 e. The molecule has 0 heteroatoms. The minimum atomic E-state index is 1.03. The Kier molecular flexibility index (Phi) is 1.71. The van der Waals surface area contributed by atoms with E-state index < -0.39 is 0 Å². The smallest absolute Gasteiger partial charge is 0.0409 e. The van der Waals surface area contributed by atoms with Gasteiger partial charge in [-0.25, -0.2) is 0 Å². The molecule has 0 heterocycles. The quantitative estimate of drug-likeness (QED) is 0.482. The second-order valence-corrected chi connectivity index (χ2v) is 4.46. The molecule has 0 nitrogen and oxygen atoms in total. The lowest BCUT2D eigenvalue weighted by Crippen LogP contribution is -2.26. The number of rotatable bonds is 0. The Balaban J connectivity index is 1.86. The van der Waals surface area contributed by atoms with Crippen molar-refractivity contribution < 1.29 is 0 Å². The van der Waals surface area contributed by atoms with Crippen LogP contribution in [-0.4, -0.2) is 0 Å². The molecule has 0 aromatic heterocycles. The van der Waals surface area contributed by atoms with E-state index in [2.05, 4.69) is 6.92 Å². The molecule has 0 saturated heterocycles. The SMILES string of the molecule is CC1CCC2CC(CC1)C2. The van der Waals surface area contributed by atoms with E-state index in [4.69, 9.17) is 0 Å². The summed E-state index contributed by atoms with van der Waals surface area (Å²) in [5, 5.41) is 0. The molecule has 0 atom stereocenters. The molecule has 0 amide bonds. The molecule has 0 aromatic carbocycles. The molecule has 3 rings (SSSR count). The summed E-state index contributed by atoms with van der Waals surface area (Å²) < 4.78 is 0. The molecular weight excluding hydrogens is 120 g/mol. The lowest BCUT2D eigenvalue weighted by atomic mass is 9.67. The predicted octanol–water partition coefficient (Wildman–Crippen LogP) is 3.22. The summed E-state index contributed by atoms with van der Waals surface area (Å²) in [5.41, 5.74) is 0. The van der Waals surface area contributed by atoms with Crippen LogP contribution in [0.2, 0.25) is 0 Å². The van der Waals surface area contributed by atoms with Crippen molar-refractivity contribution in [3.63, 3.8) is 0 Å². The number of hydrogen-bond donors (Lipinski definition) is 0. The van der Waals surface area contributed by atoms with Gasteiger partial charge in [-0.3, -0.25) is 0 Å². The molecule has 0 radical (unpaired) electrons. The fourth-order valence-corrected chi connectivity index (χ4v) is 2.53. The molecular formula is C10H18. The summed E-state index contributed by atoms with van der Waals surface area (Å²) in [6, 6.07) is 0. The molecule has 3 aliphatic carbocycles. The van der Waals surface area contributed by atoms with Gasteiger partial charge in [0.1, 0.15) is 0 Å². The lowest BCUT2D eigenvalue weighted by Gasteiger charge is -2.39. The second kappa shape index (κ2) is 2.56. The first-order valence-electron chi connectivity index (χ1n) is 4.84. The van der Waals surface area contributed by atoms with Crippen LogP contribution in [0.3, 0.4) is 0 Å².